The molecule has 0 aliphatic heterocycles. The molecule has 1 aromatic carbocycles. The Kier molecular flexibility index (Phi) is 5.18. The van der Waals surface area contributed by atoms with Crippen molar-refractivity contribution < 1.29 is 4.79 Å². The lowest BCUT2D eigenvalue weighted by Crippen LogP contribution is -2.37. The number of hydrogen-bond acceptors (Lipinski definition) is 3. The maximum atomic E-state index is 11.9. The van der Waals surface area contributed by atoms with E-state index >= 15 is 0 Å². The maximum absolute atomic E-state index is 11.9. The van der Waals surface area contributed by atoms with E-state index in [1.165, 1.54) is 37.0 Å². The molecule has 7 heteroatoms. The Labute approximate surface area is 137 Å². The van der Waals surface area contributed by atoms with E-state index in [0.717, 1.165) is 10.1 Å². The predicted octanol–water partition coefficient (Wildman–Crippen LogP) is 1.07. The van der Waals surface area contributed by atoms with Crippen molar-refractivity contribution in [3.05, 3.63) is 73.5 Å². The Morgan fingerprint density at radius 3 is 2.65 bits per heavy atom. The molecule has 0 unspecified atom stereocenters. The highest BCUT2D eigenvalue weighted by Crippen LogP contribution is 2.14. The van der Waals surface area contributed by atoms with Gasteiger partial charge in [-0.2, -0.15) is 0 Å². The Morgan fingerprint density at radius 2 is 1.96 bits per heavy atom. The molecule has 0 fully saturated rings. The van der Waals surface area contributed by atoms with Crippen molar-refractivity contribution in [1.29, 1.82) is 0 Å². The molecule has 1 N–H and O–H groups in total. The van der Waals surface area contributed by atoms with Crippen molar-refractivity contribution >= 4 is 23.6 Å². The second-order valence-corrected chi connectivity index (χ2v) is 5.39. The van der Waals surface area contributed by atoms with Crippen LogP contribution in [0.2, 0.25) is 5.02 Å². The summed E-state index contributed by atoms with van der Waals surface area (Å²) in [6, 6.07) is 7.20. The van der Waals surface area contributed by atoms with E-state index in [1.54, 1.807) is 6.07 Å². The van der Waals surface area contributed by atoms with Crippen LogP contribution in [0, 0.1) is 0 Å². The number of nitrogens with one attached hydrogen (secondary N) is 1. The van der Waals surface area contributed by atoms with Crippen LogP contribution in [0.5, 0.6) is 0 Å². The number of rotatable bonds is 4. The normalized spacial score (nSPS) is 10.9. The van der Waals surface area contributed by atoms with Crippen molar-refractivity contribution in [3.8, 4) is 0 Å². The highest BCUT2D eigenvalue weighted by molar-refractivity contribution is 6.31. The topological polar surface area (TPSA) is 73.1 Å². The number of carbonyl (C=O) groups is 1. The molecule has 1 amide bonds. The fraction of sp³-hybridized carbons (Fsp3) is 0.188. The summed E-state index contributed by atoms with van der Waals surface area (Å²) in [4.78, 5) is 35.3. The van der Waals surface area contributed by atoms with Gasteiger partial charge in [0.2, 0.25) is 5.91 Å². The van der Waals surface area contributed by atoms with Gasteiger partial charge >= 0.3 is 5.69 Å². The van der Waals surface area contributed by atoms with Crippen molar-refractivity contribution in [2.75, 3.05) is 0 Å². The molecule has 1 heterocycles. The molecule has 0 aliphatic carbocycles. The van der Waals surface area contributed by atoms with Gasteiger partial charge in [-0.15, -0.1) is 0 Å². The van der Waals surface area contributed by atoms with Gasteiger partial charge < -0.3 is 9.88 Å². The van der Waals surface area contributed by atoms with Gasteiger partial charge in [0, 0.05) is 37.9 Å². The first-order valence-corrected chi connectivity index (χ1v) is 7.24. The number of hydrogen-bond donors (Lipinski definition) is 1. The standard InChI is InChI=1S/C16H16ClN3O3/c1-19-10-12(15(22)20(2)16(19)23)7-8-14(21)18-9-11-5-3-4-6-13(11)17/h3-8,10H,9H2,1-2H3,(H,18,21)/b8-7+. The Hall–Kier alpha value is -2.60. The number of aryl methyl sites for hydroxylation is 1. The number of benzene rings is 1. The molecule has 0 saturated heterocycles. The van der Waals surface area contributed by atoms with Crippen LogP contribution in [0.4, 0.5) is 0 Å². The highest BCUT2D eigenvalue weighted by Gasteiger charge is 2.05. The molecule has 6 nitrogen and oxygen atoms in total. The van der Waals surface area contributed by atoms with Crippen LogP contribution in [-0.4, -0.2) is 15.0 Å². The summed E-state index contributed by atoms with van der Waals surface area (Å²) in [5.74, 6) is -0.360. The van der Waals surface area contributed by atoms with Gasteiger partial charge in [-0.25, -0.2) is 4.79 Å². The summed E-state index contributed by atoms with van der Waals surface area (Å²) in [5.41, 5.74) is 0.176. The number of halogens is 1. The fourth-order valence-corrected chi connectivity index (χ4v) is 2.20. The molecule has 0 bridgehead atoms. The van der Waals surface area contributed by atoms with Crippen LogP contribution >= 0.6 is 11.6 Å². The molecule has 0 spiro atoms. The highest BCUT2D eigenvalue weighted by atomic mass is 35.5. The van der Waals surface area contributed by atoms with Crippen LogP contribution in [0.3, 0.4) is 0 Å². The van der Waals surface area contributed by atoms with Crippen LogP contribution in [-0.2, 0) is 25.4 Å². The fourth-order valence-electron chi connectivity index (χ4n) is 2.00. The van der Waals surface area contributed by atoms with Crippen LogP contribution < -0.4 is 16.6 Å². The number of aromatic nitrogens is 2. The lowest BCUT2D eigenvalue weighted by atomic mass is 10.2. The van der Waals surface area contributed by atoms with Gasteiger partial charge in [0.1, 0.15) is 0 Å². The summed E-state index contributed by atoms with van der Waals surface area (Å²) in [6.07, 6.45) is 4.02. The summed E-state index contributed by atoms with van der Waals surface area (Å²) < 4.78 is 2.27. The SMILES string of the molecule is Cn1cc(/C=C/C(=O)NCc2ccccc2Cl)c(=O)n(C)c1=O. The second-order valence-electron chi connectivity index (χ2n) is 4.98. The minimum Gasteiger partial charge on any atom is -0.348 e. The molecule has 23 heavy (non-hydrogen) atoms. The molecule has 120 valence electrons. The second kappa shape index (κ2) is 7.11. The molecule has 2 aromatic rings. The number of amides is 1. The van der Waals surface area contributed by atoms with Crippen LogP contribution in [0.25, 0.3) is 6.08 Å². The molecule has 0 aliphatic rings. The van der Waals surface area contributed by atoms with Gasteiger partial charge in [0.15, 0.2) is 0 Å². The van der Waals surface area contributed by atoms with E-state index < -0.39 is 11.2 Å². The monoisotopic (exact) mass is 333 g/mol. The first-order valence-electron chi connectivity index (χ1n) is 6.86. The lowest BCUT2D eigenvalue weighted by molar-refractivity contribution is -0.116. The minimum absolute atomic E-state index is 0.252. The smallest absolute Gasteiger partial charge is 0.330 e. The minimum atomic E-state index is -0.455. The van der Waals surface area contributed by atoms with Gasteiger partial charge in [-0.1, -0.05) is 29.8 Å². The van der Waals surface area contributed by atoms with E-state index in [4.69, 9.17) is 11.6 Å². The largest absolute Gasteiger partial charge is 0.348 e. The van der Waals surface area contributed by atoms with Crippen molar-refractivity contribution in [1.82, 2.24) is 14.5 Å². The third-order valence-corrected chi connectivity index (χ3v) is 3.67. The van der Waals surface area contributed by atoms with E-state index in [0.29, 0.717) is 5.02 Å². The first-order chi connectivity index (χ1) is 10.9. The average molecular weight is 334 g/mol. The predicted molar refractivity (Wildman–Crippen MR) is 89.3 cm³/mol. The third kappa shape index (κ3) is 3.98. The quantitative estimate of drug-likeness (QED) is 0.851. The average Bonchev–Trinajstić information content (AvgIpc) is 2.54. The summed E-state index contributed by atoms with van der Waals surface area (Å²) in [7, 11) is 2.93. The summed E-state index contributed by atoms with van der Waals surface area (Å²) in [6.45, 7) is 0.286. The van der Waals surface area contributed by atoms with Gasteiger partial charge in [-0.05, 0) is 17.7 Å². The molecule has 1 aromatic heterocycles. The van der Waals surface area contributed by atoms with E-state index in [1.807, 2.05) is 18.2 Å². The van der Waals surface area contributed by atoms with E-state index in [-0.39, 0.29) is 18.0 Å². The van der Waals surface area contributed by atoms with Crippen LogP contribution in [0.15, 0.2) is 46.1 Å². The summed E-state index contributed by atoms with van der Waals surface area (Å²) >= 11 is 6.01. The van der Waals surface area contributed by atoms with Gasteiger partial charge in [0.05, 0.1) is 5.56 Å². The zero-order valence-corrected chi connectivity index (χ0v) is 13.5. The molecular formula is C16H16ClN3O3. The molecule has 0 radical (unpaired) electrons. The Morgan fingerprint density at radius 1 is 1.26 bits per heavy atom. The molecule has 0 atom stereocenters. The number of carbonyl (C=O) groups excluding carboxylic acids is 1. The Balaban J connectivity index is 2.09. The third-order valence-electron chi connectivity index (χ3n) is 3.30. The number of nitrogens with zero attached hydrogens (tertiary/aromatic N) is 2. The molecule has 0 saturated carbocycles. The summed E-state index contributed by atoms with van der Waals surface area (Å²) in [5, 5.41) is 3.26. The first kappa shape index (κ1) is 16.8. The van der Waals surface area contributed by atoms with E-state index in [9.17, 15) is 14.4 Å². The van der Waals surface area contributed by atoms with Crippen molar-refractivity contribution in [3.63, 3.8) is 0 Å². The Bertz CT molecular complexity index is 881. The van der Waals surface area contributed by atoms with Crippen molar-refractivity contribution in [2.45, 2.75) is 6.54 Å². The maximum Gasteiger partial charge on any atom is 0.330 e. The van der Waals surface area contributed by atoms with Gasteiger partial charge in [0.25, 0.3) is 5.56 Å². The molecular weight excluding hydrogens is 318 g/mol. The lowest BCUT2D eigenvalue weighted by Gasteiger charge is -2.05. The zero-order chi connectivity index (χ0) is 17.0. The molecule has 2 rings (SSSR count). The van der Waals surface area contributed by atoms with Gasteiger partial charge in [-0.3, -0.25) is 14.2 Å². The van der Waals surface area contributed by atoms with E-state index in [2.05, 4.69) is 5.32 Å². The van der Waals surface area contributed by atoms with Crippen molar-refractivity contribution in [2.24, 2.45) is 14.1 Å². The zero-order valence-electron chi connectivity index (χ0n) is 12.7. The van der Waals surface area contributed by atoms with Crippen LogP contribution in [0.1, 0.15) is 11.1 Å².